The van der Waals surface area contributed by atoms with Gasteiger partial charge in [-0.2, -0.15) is 0 Å². The summed E-state index contributed by atoms with van der Waals surface area (Å²) in [4.78, 5) is 19.7. The van der Waals surface area contributed by atoms with Crippen LogP contribution in [0.3, 0.4) is 0 Å². The number of nitro groups is 1. The number of nitrogens with zero attached hydrogens (tertiary/aromatic N) is 4. The molecule has 0 spiro atoms. The van der Waals surface area contributed by atoms with Gasteiger partial charge < -0.3 is 4.90 Å². The maximum Gasteiger partial charge on any atom is 0.348 e. The van der Waals surface area contributed by atoms with Crippen molar-refractivity contribution >= 4 is 23.1 Å². The Morgan fingerprint density at radius 3 is 2.47 bits per heavy atom. The second kappa shape index (κ2) is 5.27. The summed E-state index contributed by atoms with van der Waals surface area (Å²) in [5.74, 6) is 0.588. The molecule has 1 heterocycles. The van der Waals surface area contributed by atoms with Gasteiger partial charge in [-0.1, -0.05) is 25.4 Å². The molecule has 17 heavy (non-hydrogen) atoms. The van der Waals surface area contributed by atoms with Crippen LogP contribution in [0.15, 0.2) is 6.33 Å². The zero-order valence-corrected chi connectivity index (χ0v) is 11.0. The summed E-state index contributed by atoms with van der Waals surface area (Å²) >= 11 is 5.73. The van der Waals surface area contributed by atoms with Crippen molar-refractivity contribution in [1.29, 1.82) is 0 Å². The quantitative estimate of drug-likeness (QED) is 0.471. The third-order valence-electron chi connectivity index (χ3n) is 2.85. The van der Waals surface area contributed by atoms with Gasteiger partial charge in [0.1, 0.15) is 6.33 Å². The van der Waals surface area contributed by atoms with Gasteiger partial charge in [0.25, 0.3) is 0 Å². The lowest BCUT2D eigenvalue weighted by atomic mass is 10.1. The van der Waals surface area contributed by atoms with E-state index >= 15 is 0 Å². The molecule has 0 amide bonds. The SMILES string of the molecule is CC(C)C(C)N(C)c1ncnc(Cl)c1[N+](=O)[O-]. The Balaban J connectivity index is 3.22. The van der Waals surface area contributed by atoms with Crippen LogP contribution in [0.25, 0.3) is 0 Å². The molecule has 1 atom stereocenters. The lowest BCUT2D eigenvalue weighted by Crippen LogP contribution is -2.34. The highest BCUT2D eigenvalue weighted by Gasteiger charge is 2.27. The average Bonchev–Trinajstić information content (AvgIpc) is 2.25. The van der Waals surface area contributed by atoms with Crippen LogP contribution in [-0.4, -0.2) is 28.0 Å². The van der Waals surface area contributed by atoms with Crippen LogP contribution < -0.4 is 4.90 Å². The normalized spacial score (nSPS) is 12.6. The molecule has 1 rings (SSSR count). The van der Waals surface area contributed by atoms with Gasteiger partial charge in [-0.15, -0.1) is 0 Å². The fraction of sp³-hybridized carbons (Fsp3) is 0.600. The molecule has 0 fully saturated rings. The van der Waals surface area contributed by atoms with E-state index in [1.807, 2.05) is 20.8 Å². The van der Waals surface area contributed by atoms with Crippen molar-refractivity contribution in [2.75, 3.05) is 11.9 Å². The number of hydrogen-bond donors (Lipinski definition) is 0. The van der Waals surface area contributed by atoms with Gasteiger partial charge in [-0.05, 0) is 12.8 Å². The van der Waals surface area contributed by atoms with E-state index in [9.17, 15) is 10.1 Å². The summed E-state index contributed by atoms with van der Waals surface area (Å²) < 4.78 is 0. The van der Waals surface area contributed by atoms with E-state index in [1.165, 1.54) is 6.33 Å². The first-order valence-electron chi connectivity index (χ1n) is 5.24. The Labute approximate surface area is 105 Å². The van der Waals surface area contributed by atoms with Gasteiger partial charge in [0, 0.05) is 13.1 Å². The maximum atomic E-state index is 11.0. The molecule has 0 bridgehead atoms. The fourth-order valence-electron chi connectivity index (χ4n) is 1.40. The Morgan fingerprint density at radius 1 is 1.41 bits per heavy atom. The highest BCUT2D eigenvalue weighted by molar-refractivity contribution is 6.31. The van der Waals surface area contributed by atoms with Gasteiger partial charge in [0.05, 0.1) is 4.92 Å². The van der Waals surface area contributed by atoms with E-state index in [4.69, 9.17) is 11.6 Å². The summed E-state index contributed by atoms with van der Waals surface area (Å²) in [6.45, 7) is 6.05. The van der Waals surface area contributed by atoms with E-state index in [2.05, 4.69) is 9.97 Å². The van der Waals surface area contributed by atoms with Crippen LogP contribution in [-0.2, 0) is 0 Å². The third-order valence-corrected chi connectivity index (χ3v) is 3.13. The van der Waals surface area contributed by atoms with E-state index in [-0.39, 0.29) is 22.7 Å². The van der Waals surface area contributed by atoms with Crippen LogP contribution in [0.2, 0.25) is 5.15 Å². The van der Waals surface area contributed by atoms with E-state index in [1.54, 1.807) is 11.9 Å². The zero-order valence-electron chi connectivity index (χ0n) is 10.2. The Hall–Kier alpha value is -1.43. The van der Waals surface area contributed by atoms with Gasteiger partial charge in [-0.25, -0.2) is 9.97 Å². The number of rotatable bonds is 4. The summed E-state index contributed by atoms with van der Waals surface area (Å²) in [6, 6.07) is 0.111. The van der Waals surface area contributed by atoms with Gasteiger partial charge >= 0.3 is 5.69 Å². The monoisotopic (exact) mass is 258 g/mol. The topological polar surface area (TPSA) is 72.2 Å². The molecule has 7 heteroatoms. The number of aromatic nitrogens is 2. The largest absolute Gasteiger partial charge is 0.351 e. The first-order valence-corrected chi connectivity index (χ1v) is 5.61. The molecule has 0 radical (unpaired) electrons. The van der Waals surface area contributed by atoms with Crippen LogP contribution in [0.1, 0.15) is 20.8 Å². The second-order valence-corrected chi connectivity index (χ2v) is 4.55. The first-order chi connectivity index (χ1) is 7.86. The van der Waals surface area contributed by atoms with Crippen molar-refractivity contribution in [1.82, 2.24) is 9.97 Å². The van der Waals surface area contributed by atoms with Gasteiger partial charge in [-0.3, -0.25) is 10.1 Å². The molecule has 1 aromatic heterocycles. The highest BCUT2D eigenvalue weighted by atomic mass is 35.5. The van der Waals surface area contributed by atoms with Crippen LogP contribution in [0, 0.1) is 16.0 Å². The summed E-state index contributed by atoms with van der Waals surface area (Å²) in [5.41, 5.74) is -0.246. The van der Waals surface area contributed by atoms with Crippen molar-refractivity contribution in [3.8, 4) is 0 Å². The standard InChI is InChI=1S/C10H15ClN4O2/c1-6(2)7(3)14(4)10-8(15(16)17)9(11)12-5-13-10/h5-7H,1-4H3. The van der Waals surface area contributed by atoms with Crippen molar-refractivity contribution in [2.24, 2.45) is 5.92 Å². The predicted molar refractivity (Wildman–Crippen MR) is 66.4 cm³/mol. The molecule has 1 aromatic rings. The minimum Gasteiger partial charge on any atom is -0.351 e. The number of halogens is 1. The fourth-order valence-corrected chi connectivity index (χ4v) is 1.60. The molecule has 6 nitrogen and oxygen atoms in total. The molecule has 0 saturated heterocycles. The van der Waals surface area contributed by atoms with Crippen molar-refractivity contribution in [2.45, 2.75) is 26.8 Å². The molecule has 0 aliphatic rings. The zero-order chi connectivity index (χ0) is 13.2. The average molecular weight is 259 g/mol. The molecule has 0 N–H and O–H groups in total. The Kier molecular flexibility index (Phi) is 4.22. The molecule has 1 unspecified atom stereocenters. The first kappa shape index (κ1) is 13.6. The summed E-state index contributed by atoms with van der Waals surface area (Å²) in [6.07, 6.45) is 1.23. The Bertz CT molecular complexity index is 425. The second-order valence-electron chi connectivity index (χ2n) is 4.19. The van der Waals surface area contributed by atoms with E-state index in [0.29, 0.717) is 5.92 Å². The molecule has 0 aliphatic carbocycles. The van der Waals surface area contributed by atoms with Gasteiger partial charge in [0.2, 0.25) is 11.0 Å². The lowest BCUT2D eigenvalue weighted by Gasteiger charge is -2.28. The van der Waals surface area contributed by atoms with Crippen molar-refractivity contribution in [3.63, 3.8) is 0 Å². The predicted octanol–water partition coefficient (Wildman–Crippen LogP) is 2.52. The third kappa shape index (κ3) is 2.82. The molecular formula is C10H15ClN4O2. The van der Waals surface area contributed by atoms with Crippen LogP contribution in [0.5, 0.6) is 0 Å². The van der Waals surface area contributed by atoms with Gasteiger partial charge in [0.15, 0.2) is 0 Å². The molecular weight excluding hydrogens is 244 g/mol. The molecule has 0 saturated carbocycles. The summed E-state index contributed by atoms with van der Waals surface area (Å²) in [5, 5.41) is 10.8. The number of anilines is 1. The molecule has 94 valence electrons. The van der Waals surface area contributed by atoms with E-state index < -0.39 is 4.92 Å². The number of hydrogen-bond acceptors (Lipinski definition) is 5. The molecule has 0 aromatic carbocycles. The minimum absolute atomic E-state index is 0.111. The van der Waals surface area contributed by atoms with Crippen LogP contribution in [0.4, 0.5) is 11.5 Å². The van der Waals surface area contributed by atoms with Crippen molar-refractivity contribution < 1.29 is 4.92 Å². The van der Waals surface area contributed by atoms with Crippen molar-refractivity contribution in [3.05, 3.63) is 21.6 Å². The maximum absolute atomic E-state index is 11.0. The minimum atomic E-state index is -0.554. The lowest BCUT2D eigenvalue weighted by molar-refractivity contribution is -0.384. The van der Waals surface area contributed by atoms with Crippen LogP contribution >= 0.6 is 11.6 Å². The molecule has 0 aliphatic heterocycles. The van der Waals surface area contributed by atoms with E-state index in [0.717, 1.165) is 0 Å². The smallest absolute Gasteiger partial charge is 0.348 e. The Morgan fingerprint density at radius 2 is 2.00 bits per heavy atom. The highest BCUT2D eigenvalue weighted by Crippen LogP contribution is 2.32. The summed E-state index contributed by atoms with van der Waals surface area (Å²) in [7, 11) is 1.76.